The number of amides is 8. The molecule has 39 nitrogen and oxygen atoms in total. The molecule has 7 aromatic carbocycles. The highest BCUT2D eigenvalue weighted by Crippen LogP contribution is 2.51. The zero-order chi connectivity index (χ0) is 93.8. The molecule has 0 saturated carbocycles. The number of rotatable bonds is 26. The van der Waals surface area contributed by atoms with Gasteiger partial charge in [0.15, 0.2) is 29.1 Å². The predicted molar refractivity (Wildman–Crippen MR) is 465 cm³/mol. The predicted octanol–water partition coefficient (Wildman–Crippen LogP) is 3.78. The van der Waals surface area contributed by atoms with E-state index in [0.717, 1.165) is 119 Å². The zero-order valence-corrected chi connectivity index (χ0v) is 72.8. The van der Waals surface area contributed by atoms with E-state index in [1.807, 2.05) is 0 Å². The lowest BCUT2D eigenvalue weighted by atomic mass is 9.89. The van der Waals surface area contributed by atoms with Gasteiger partial charge in [0.05, 0.1) is 23.8 Å². The van der Waals surface area contributed by atoms with Crippen molar-refractivity contribution in [3.8, 4) is 80.1 Å². The molecule has 0 radical (unpaired) electrons. The van der Waals surface area contributed by atoms with Crippen molar-refractivity contribution in [2.75, 3.05) is 46.9 Å². The monoisotopic (exact) mass is 1860 g/mol. The van der Waals surface area contributed by atoms with Gasteiger partial charge in [-0.25, -0.2) is 4.79 Å². The van der Waals surface area contributed by atoms with Crippen LogP contribution in [0.15, 0.2) is 115 Å². The number of ether oxygens (including phenoxy) is 8. The highest BCUT2D eigenvalue weighted by Gasteiger charge is 2.52. The number of methoxy groups -OCH3 is 1. The molecule has 131 heavy (non-hydrogen) atoms. The van der Waals surface area contributed by atoms with Crippen molar-refractivity contribution in [2.24, 2.45) is 5.73 Å². The zero-order valence-electron chi connectivity index (χ0n) is 71.3. The number of hydrogen-bond donors (Lipinski definition) is 22. The van der Waals surface area contributed by atoms with Crippen molar-refractivity contribution in [3.05, 3.63) is 164 Å². The number of phenols is 4. The Hall–Kier alpha value is -11.9. The van der Waals surface area contributed by atoms with E-state index in [2.05, 4.69) is 60.1 Å². The lowest BCUT2D eigenvalue weighted by molar-refractivity contribution is -0.277. The number of aromatic hydroxyl groups is 4. The van der Waals surface area contributed by atoms with Gasteiger partial charge in [0, 0.05) is 48.2 Å². The minimum absolute atomic E-state index is 0.119. The summed E-state index contributed by atoms with van der Waals surface area (Å²) in [6.07, 6.45) is -12.3. The number of aliphatic hydroxyl groups excluding tert-OH is 7. The maximum absolute atomic E-state index is 16.9. The highest BCUT2D eigenvalue weighted by atomic mass is 35.5. The highest BCUT2D eigenvalue weighted by molar-refractivity contribution is 6.33. The Labute approximate surface area is 760 Å². The maximum Gasteiger partial charge on any atom is 0.337 e. The summed E-state index contributed by atoms with van der Waals surface area (Å²) in [6.45, 7) is 2.23. The minimum atomic E-state index is -2.44. The molecule has 18 atom stereocenters. The Morgan fingerprint density at radius 1 is 0.542 bits per heavy atom. The summed E-state index contributed by atoms with van der Waals surface area (Å²) in [7, 11) is 2.40. The van der Waals surface area contributed by atoms with Crippen LogP contribution in [0.1, 0.15) is 159 Å². The molecule has 2 fully saturated rings. The van der Waals surface area contributed by atoms with Crippen molar-refractivity contribution in [1.29, 1.82) is 0 Å². The second kappa shape index (κ2) is 43.4. The number of esters is 1. The van der Waals surface area contributed by atoms with Crippen LogP contribution < -0.4 is 82.6 Å². The van der Waals surface area contributed by atoms with Crippen LogP contribution in [0.2, 0.25) is 10.0 Å². The summed E-state index contributed by atoms with van der Waals surface area (Å²) in [6, 6.07) is 5.99. The van der Waals surface area contributed by atoms with E-state index in [4.69, 9.17) is 66.8 Å². The van der Waals surface area contributed by atoms with Gasteiger partial charge in [0.1, 0.15) is 131 Å². The summed E-state index contributed by atoms with van der Waals surface area (Å²) in [5, 5.41) is 155. The van der Waals surface area contributed by atoms with Gasteiger partial charge < -0.3 is 153 Å². The number of unbranched alkanes of at least 4 members (excludes halogenated alkanes) is 8. The maximum atomic E-state index is 16.9. The van der Waals surface area contributed by atoms with E-state index in [1.165, 1.54) is 55.6 Å². The Balaban J connectivity index is 1.04. The van der Waals surface area contributed by atoms with Gasteiger partial charge >= 0.3 is 5.97 Å². The third-order valence-corrected chi connectivity index (χ3v) is 24.0. The van der Waals surface area contributed by atoms with Crippen molar-refractivity contribution < 1.29 is 137 Å². The molecule has 41 heteroatoms. The summed E-state index contributed by atoms with van der Waals surface area (Å²) in [5.74, 6) is -17.2. The SMILES string of the molecule is CCCCCCCCCCCC(=O)N[C@H]1[C@H](Oc2c3cc4cc2Oc2ccc(cc2Cl)[C@@H](O)[C@@H]2NC(=O)[C@H](NC(=O)[C@@H]4NC(=O)[C@H]4NC(=O)[C@@H](Cc5ccc(cc5)O3)NC(=O)[C@H](NC)c3ccc(O)c(c3)Oc3cc(O)c(Cl)c4c3)c3ccc(O)c(c3)-c3c(O[C@H]4O[C@H](CO)[C@@H](O)[C@H](O)[C@@H]4O)cc(O)cc3[C@H](C(=O)NCCCNCCCN)NC2=O)O[C@H](C(=O)OC)[C@@H](O)[C@@H]1O. The molecule has 7 aromatic rings. The Morgan fingerprint density at radius 2 is 1.19 bits per heavy atom. The number of fused-ring (bicyclic) bond motifs is 14. The lowest BCUT2D eigenvalue weighted by Gasteiger charge is -2.41. The number of halogens is 2. The second-order valence-corrected chi connectivity index (χ2v) is 33.3. The molecule has 8 aliphatic heterocycles. The molecule has 23 N–H and O–H groups in total. The van der Waals surface area contributed by atoms with Crippen LogP contribution in [-0.2, 0) is 63.8 Å². The molecule has 15 rings (SSSR count). The van der Waals surface area contributed by atoms with Gasteiger partial charge in [-0.2, -0.15) is 0 Å². The molecular formula is C90H105Cl2N11O28. The van der Waals surface area contributed by atoms with Gasteiger partial charge in [0.25, 0.3) is 0 Å². The average Bonchev–Trinajstić information content (AvgIpc) is 0.768. The van der Waals surface area contributed by atoms with Crippen molar-refractivity contribution in [2.45, 2.75) is 200 Å². The minimum Gasteiger partial charge on any atom is -0.508 e. The summed E-state index contributed by atoms with van der Waals surface area (Å²) < 4.78 is 50.0. The van der Waals surface area contributed by atoms with Gasteiger partial charge in [-0.15, -0.1) is 0 Å². The van der Waals surface area contributed by atoms with E-state index in [0.29, 0.717) is 44.5 Å². The standard InChI is InChI=1S/C90H105Cl2N11O28/c1-4-5-6-7-8-9-10-11-12-15-63(109)98-72-75(112)77(114)80(88(123)124-3)131-89(72)130-79-60-34-45-35-61(79)127-57-25-20-44(32-52(57)91)73(110)71-87(122)102-69(82(117)96-29-14-28-95-27-13-26-93)50-36-46(105)37-59(128-90-78(115)76(113)74(111)62(40-104)129-90)64(50)49-31-42(18-23-54(49)106)67(84(119)103-71)99-85(120)68(45)100-86(121)70-51-38-48(39-56(108)65(51)92)126-58-33-43(19-24-55(58)107)66(94-2)83(118)97-53(81(116)101-70)30-41-16-21-47(125-60)22-17-41/h16-25,31-39,53,62,66-78,80,89-90,94-95,104-108,110-115H,4-15,26-30,40,93H2,1-3H3,(H,96,117)(H,97,118)(H,98,109)(H,99,120)(H,100,121)(H,101,116)(H,102,122)(H,103,119)/t53-,62-,66-,67-,68-,69-,70+,71+,72-,73-,74-,75-,76+,77+,78+,80+,89-,90+/m1/s1. The van der Waals surface area contributed by atoms with Crippen molar-refractivity contribution >= 4 is 76.4 Å². The number of carbonyl (C=O) groups is 9. The van der Waals surface area contributed by atoms with Crippen LogP contribution in [-0.4, -0.2) is 230 Å². The molecule has 8 amide bonds. The molecule has 8 aliphatic rings. The third kappa shape index (κ3) is 22.3. The van der Waals surface area contributed by atoms with Crippen molar-refractivity contribution in [3.63, 3.8) is 0 Å². The van der Waals surface area contributed by atoms with E-state index < -0.39 is 271 Å². The van der Waals surface area contributed by atoms with E-state index in [9.17, 15) is 70.6 Å². The van der Waals surface area contributed by atoms with Gasteiger partial charge in [-0.05, 0) is 152 Å². The van der Waals surface area contributed by atoms with Gasteiger partial charge in [-0.1, -0.05) is 112 Å². The van der Waals surface area contributed by atoms with E-state index in [1.54, 1.807) is 0 Å². The number of phenolic OH excluding ortho intramolecular Hbond substituents is 4. The van der Waals surface area contributed by atoms with Crippen LogP contribution in [0.25, 0.3) is 11.1 Å². The summed E-state index contributed by atoms with van der Waals surface area (Å²) >= 11 is 14.4. The number of likely N-dealkylation sites (N-methyl/N-ethyl adjacent to an activating group) is 1. The smallest absolute Gasteiger partial charge is 0.337 e. The first-order valence-electron chi connectivity index (χ1n) is 42.9. The number of benzene rings is 7. The van der Waals surface area contributed by atoms with Crippen LogP contribution in [0.5, 0.6) is 69.0 Å². The fourth-order valence-electron chi connectivity index (χ4n) is 16.2. The topological polar surface area (TPSA) is 596 Å². The Bertz CT molecular complexity index is 5370. The van der Waals surface area contributed by atoms with E-state index >= 15 is 28.8 Å². The first-order valence-corrected chi connectivity index (χ1v) is 43.7. The second-order valence-electron chi connectivity index (χ2n) is 32.5. The van der Waals surface area contributed by atoms with E-state index in [-0.39, 0.29) is 47.8 Å². The number of hydrogen-bond acceptors (Lipinski definition) is 31. The molecule has 0 aliphatic carbocycles. The fourth-order valence-corrected chi connectivity index (χ4v) is 16.7. The molecular weight excluding hydrogens is 1750 g/mol. The number of aliphatic hydroxyl groups is 7. The lowest BCUT2D eigenvalue weighted by Crippen LogP contribution is -2.66. The molecule has 2 saturated heterocycles. The van der Waals surface area contributed by atoms with Crippen LogP contribution in [0.4, 0.5) is 0 Å². The molecule has 0 unspecified atom stereocenters. The first-order chi connectivity index (χ1) is 62.9. The third-order valence-electron chi connectivity index (χ3n) is 23.3. The number of nitrogens with two attached hydrogens (primary N) is 1. The molecule has 0 spiro atoms. The van der Waals surface area contributed by atoms with Crippen LogP contribution in [0, 0.1) is 0 Å². The van der Waals surface area contributed by atoms with Crippen LogP contribution in [0.3, 0.4) is 0 Å². The van der Waals surface area contributed by atoms with Crippen LogP contribution >= 0.6 is 23.2 Å². The number of nitrogens with one attached hydrogen (secondary N) is 10. The number of carbonyl (C=O) groups excluding carboxylic acids is 9. The van der Waals surface area contributed by atoms with Gasteiger partial charge in [0.2, 0.25) is 65.6 Å². The van der Waals surface area contributed by atoms with Gasteiger partial charge in [-0.3, -0.25) is 38.4 Å². The Morgan fingerprint density at radius 3 is 1.89 bits per heavy atom. The molecule has 702 valence electrons. The van der Waals surface area contributed by atoms with Crippen molar-refractivity contribution in [1.82, 2.24) is 53.2 Å². The quantitative estimate of drug-likeness (QED) is 0.0271. The molecule has 0 aromatic heterocycles. The normalized spacial score (nSPS) is 25.4. The summed E-state index contributed by atoms with van der Waals surface area (Å²) in [5.41, 5.74) is 3.08. The molecule has 17 bridgehead atoms. The molecule has 8 heterocycles. The largest absolute Gasteiger partial charge is 0.508 e. The fraction of sp³-hybridized carbons (Fsp3) is 0.433. The summed E-state index contributed by atoms with van der Waals surface area (Å²) in [4.78, 5) is 139. The Kier molecular flexibility index (Phi) is 32.0. The average molecular weight is 1860 g/mol. The first kappa shape index (κ1) is 96.6.